The third-order valence-corrected chi connectivity index (χ3v) is 2.54. The van der Waals surface area contributed by atoms with Gasteiger partial charge in [0.15, 0.2) is 0 Å². The molecule has 0 spiro atoms. The van der Waals surface area contributed by atoms with Crippen molar-refractivity contribution < 1.29 is 26.1 Å². The first-order valence-electron chi connectivity index (χ1n) is 4.74. The van der Waals surface area contributed by atoms with Gasteiger partial charge in [0, 0.05) is 12.6 Å². The largest absolute Gasteiger partial charge is 0.522 e. The fraction of sp³-hybridized carbons (Fsp3) is 0.556. The van der Waals surface area contributed by atoms with Crippen LogP contribution >= 0.6 is 0 Å². The SMILES string of the molecule is CCN1C=CC=CC1C.O=S(=O)(O)C(F)(F)F. The Morgan fingerprint density at radius 1 is 1.35 bits per heavy atom. The van der Waals surface area contributed by atoms with Gasteiger partial charge in [0.05, 0.1) is 0 Å². The highest BCUT2D eigenvalue weighted by atomic mass is 32.2. The lowest BCUT2D eigenvalue weighted by atomic mass is 10.2. The van der Waals surface area contributed by atoms with E-state index in [-0.39, 0.29) is 0 Å². The number of hydrogen-bond donors (Lipinski definition) is 1. The fourth-order valence-electron chi connectivity index (χ4n) is 1.02. The van der Waals surface area contributed by atoms with Crippen LogP contribution in [0.15, 0.2) is 24.4 Å². The summed E-state index contributed by atoms with van der Waals surface area (Å²) in [5.74, 6) is 0. The van der Waals surface area contributed by atoms with Crippen LogP contribution in [-0.2, 0) is 10.1 Å². The quantitative estimate of drug-likeness (QED) is 0.587. The molecule has 4 nitrogen and oxygen atoms in total. The lowest BCUT2D eigenvalue weighted by Gasteiger charge is -2.25. The van der Waals surface area contributed by atoms with Crippen molar-refractivity contribution in [2.24, 2.45) is 0 Å². The average molecular weight is 273 g/mol. The van der Waals surface area contributed by atoms with Crippen molar-refractivity contribution in [3.05, 3.63) is 24.4 Å². The number of likely N-dealkylation sites (N-methyl/N-ethyl adjacent to an activating group) is 1. The Balaban J connectivity index is 0.000000304. The summed E-state index contributed by atoms with van der Waals surface area (Å²) >= 11 is 0. The van der Waals surface area contributed by atoms with E-state index in [0.29, 0.717) is 6.04 Å². The van der Waals surface area contributed by atoms with Gasteiger partial charge in [0.1, 0.15) is 0 Å². The Morgan fingerprint density at radius 3 is 2.06 bits per heavy atom. The Morgan fingerprint density at radius 2 is 1.82 bits per heavy atom. The second-order valence-corrected chi connectivity index (χ2v) is 4.63. The molecule has 1 unspecified atom stereocenters. The van der Waals surface area contributed by atoms with Crippen LogP contribution in [-0.4, -0.2) is 36.0 Å². The maximum Gasteiger partial charge on any atom is 0.522 e. The van der Waals surface area contributed by atoms with Gasteiger partial charge in [0.2, 0.25) is 0 Å². The van der Waals surface area contributed by atoms with Crippen LogP contribution in [0.3, 0.4) is 0 Å². The molecule has 0 radical (unpaired) electrons. The van der Waals surface area contributed by atoms with Crippen LogP contribution in [0.5, 0.6) is 0 Å². The molecule has 1 N–H and O–H groups in total. The predicted molar refractivity (Wildman–Crippen MR) is 57.7 cm³/mol. The number of alkyl halides is 3. The van der Waals surface area contributed by atoms with E-state index in [1.54, 1.807) is 0 Å². The summed E-state index contributed by atoms with van der Waals surface area (Å²) in [6, 6.07) is 0.583. The maximum atomic E-state index is 10.7. The first-order valence-corrected chi connectivity index (χ1v) is 6.18. The summed E-state index contributed by atoms with van der Waals surface area (Å²) in [7, 11) is -5.84. The van der Waals surface area contributed by atoms with Crippen molar-refractivity contribution in [1.29, 1.82) is 0 Å². The van der Waals surface area contributed by atoms with Crippen molar-refractivity contribution in [3.63, 3.8) is 0 Å². The van der Waals surface area contributed by atoms with Crippen LogP contribution in [0.2, 0.25) is 0 Å². The molecule has 0 fully saturated rings. The van der Waals surface area contributed by atoms with Crippen molar-refractivity contribution in [3.8, 4) is 0 Å². The van der Waals surface area contributed by atoms with Crippen LogP contribution in [0.25, 0.3) is 0 Å². The number of allylic oxidation sites excluding steroid dienone is 2. The summed E-state index contributed by atoms with van der Waals surface area (Å²) in [6.07, 6.45) is 8.49. The summed E-state index contributed by atoms with van der Waals surface area (Å²) in [5, 5.41) is 0. The van der Waals surface area contributed by atoms with E-state index < -0.39 is 15.6 Å². The Labute approximate surface area is 98.2 Å². The third kappa shape index (κ3) is 5.73. The molecular formula is C9H14F3NO3S. The molecule has 1 aliphatic heterocycles. The highest BCUT2D eigenvalue weighted by molar-refractivity contribution is 7.86. The average Bonchev–Trinajstić information content (AvgIpc) is 2.16. The molecular weight excluding hydrogens is 259 g/mol. The summed E-state index contributed by atoms with van der Waals surface area (Å²) < 4.78 is 57.5. The van der Waals surface area contributed by atoms with Crippen LogP contribution in [0, 0.1) is 0 Å². The lowest BCUT2D eigenvalue weighted by molar-refractivity contribution is -0.0510. The zero-order valence-corrected chi connectivity index (χ0v) is 10.2. The molecule has 0 amide bonds. The summed E-state index contributed by atoms with van der Waals surface area (Å²) in [5.41, 5.74) is -5.53. The van der Waals surface area contributed by atoms with Crippen LogP contribution in [0.1, 0.15) is 13.8 Å². The van der Waals surface area contributed by atoms with Gasteiger partial charge in [-0.2, -0.15) is 21.6 Å². The number of nitrogens with zero attached hydrogens (tertiary/aromatic N) is 1. The van der Waals surface area contributed by atoms with E-state index in [2.05, 4.69) is 43.2 Å². The molecule has 17 heavy (non-hydrogen) atoms. The summed E-state index contributed by atoms with van der Waals surface area (Å²) in [6.45, 7) is 5.46. The first kappa shape index (κ1) is 16.0. The van der Waals surface area contributed by atoms with Crippen molar-refractivity contribution >= 4 is 10.1 Å². The Hall–Kier alpha value is -1.02. The van der Waals surface area contributed by atoms with Crippen LogP contribution < -0.4 is 0 Å². The van der Waals surface area contributed by atoms with Gasteiger partial charge in [0.25, 0.3) is 0 Å². The molecule has 0 saturated heterocycles. The number of halogens is 3. The molecule has 1 aliphatic rings. The molecule has 0 aromatic heterocycles. The normalized spacial score (nSPS) is 19.9. The van der Waals surface area contributed by atoms with E-state index in [9.17, 15) is 13.2 Å². The monoisotopic (exact) mass is 273 g/mol. The van der Waals surface area contributed by atoms with Gasteiger partial charge in [-0.15, -0.1) is 0 Å². The first-order chi connectivity index (χ1) is 7.59. The molecule has 8 heteroatoms. The zero-order valence-electron chi connectivity index (χ0n) is 9.35. The molecule has 1 heterocycles. The predicted octanol–water partition coefficient (Wildman–Crippen LogP) is 2.17. The van der Waals surface area contributed by atoms with Crippen molar-refractivity contribution in [1.82, 2.24) is 4.90 Å². The smallest absolute Gasteiger partial charge is 0.372 e. The molecule has 1 atom stereocenters. The van der Waals surface area contributed by atoms with E-state index in [1.165, 1.54) is 0 Å². The standard InChI is InChI=1S/C8H13N.CHF3O3S/c1-3-9-7-5-4-6-8(9)2;2-1(3,4)8(5,6)7/h4-8H,3H2,1-2H3;(H,5,6,7). The van der Waals surface area contributed by atoms with E-state index in [4.69, 9.17) is 13.0 Å². The minimum Gasteiger partial charge on any atom is -0.372 e. The van der Waals surface area contributed by atoms with E-state index >= 15 is 0 Å². The minimum absolute atomic E-state index is 0.583. The molecule has 100 valence electrons. The van der Waals surface area contributed by atoms with Gasteiger partial charge in [-0.05, 0) is 26.1 Å². The third-order valence-electron chi connectivity index (χ3n) is 1.96. The number of hydrogen-bond acceptors (Lipinski definition) is 3. The highest BCUT2D eigenvalue weighted by Crippen LogP contribution is 2.20. The van der Waals surface area contributed by atoms with Crippen molar-refractivity contribution in [2.75, 3.05) is 6.54 Å². The molecule has 0 saturated carbocycles. The highest BCUT2D eigenvalue weighted by Gasteiger charge is 2.44. The maximum absolute atomic E-state index is 10.7. The van der Waals surface area contributed by atoms with Gasteiger partial charge in [-0.1, -0.05) is 12.2 Å². The fourth-order valence-corrected chi connectivity index (χ4v) is 1.02. The zero-order chi connectivity index (χ0) is 13.7. The molecule has 1 rings (SSSR count). The van der Waals surface area contributed by atoms with Crippen LogP contribution in [0.4, 0.5) is 13.2 Å². The second kappa shape index (κ2) is 6.06. The van der Waals surface area contributed by atoms with E-state index in [1.807, 2.05) is 0 Å². The molecule has 0 aliphatic carbocycles. The number of rotatable bonds is 1. The Kier molecular flexibility index (Phi) is 5.70. The topological polar surface area (TPSA) is 57.6 Å². The lowest BCUT2D eigenvalue weighted by Crippen LogP contribution is -2.27. The summed E-state index contributed by atoms with van der Waals surface area (Å²) in [4.78, 5) is 2.29. The van der Waals surface area contributed by atoms with E-state index in [0.717, 1.165) is 6.54 Å². The Bertz CT molecular complexity index is 387. The molecule has 0 bridgehead atoms. The minimum atomic E-state index is -5.84. The van der Waals surface area contributed by atoms with Gasteiger partial charge in [-0.3, -0.25) is 4.55 Å². The van der Waals surface area contributed by atoms with Gasteiger partial charge in [-0.25, -0.2) is 0 Å². The molecule has 0 aromatic rings. The molecule has 0 aromatic carbocycles. The van der Waals surface area contributed by atoms with Gasteiger partial charge >= 0.3 is 15.6 Å². The van der Waals surface area contributed by atoms with Gasteiger partial charge < -0.3 is 4.90 Å². The second-order valence-electron chi connectivity index (χ2n) is 3.22. The van der Waals surface area contributed by atoms with Crippen molar-refractivity contribution in [2.45, 2.75) is 25.4 Å².